The Balaban J connectivity index is 1.82. The van der Waals surface area contributed by atoms with Crippen molar-refractivity contribution in [1.82, 2.24) is 19.4 Å². The number of nitrogens with one attached hydrogen (secondary N) is 1. The zero-order chi connectivity index (χ0) is 14.8. The molecule has 0 aromatic carbocycles. The number of hydrogen-bond donors (Lipinski definition) is 2. The standard InChI is InChI=1S/C12H23N5O2S/c1-12(9-13)3-5-17(10-12)6-4-15-20(18,19)11-7-14-16(2)8-11/h7-8,15H,3-6,9-10,13H2,1-2H3. The lowest BCUT2D eigenvalue weighted by molar-refractivity contribution is 0.284. The summed E-state index contributed by atoms with van der Waals surface area (Å²) >= 11 is 0. The lowest BCUT2D eigenvalue weighted by atomic mass is 9.90. The van der Waals surface area contributed by atoms with E-state index < -0.39 is 10.0 Å². The van der Waals surface area contributed by atoms with Crippen molar-refractivity contribution in [2.24, 2.45) is 18.2 Å². The third-order valence-corrected chi connectivity index (χ3v) is 5.26. The van der Waals surface area contributed by atoms with Crippen molar-refractivity contribution in [2.75, 3.05) is 32.7 Å². The number of likely N-dealkylation sites (tertiary alicyclic amines) is 1. The monoisotopic (exact) mass is 301 g/mol. The van der Waals surface area contributed by atoms with E-state index in [0.29, 0.717) is 19.6 Å². The first-order valence-corrected chi connectivity index (χ1v) is 8.24. The smallest absolute Gasteiger partial charge is 0.243 e. The van der Waals surface area contributed by atoms with Crippen LogP contribution < -0.4 is 10.5 Å². The van der Waals surface area contributed by atoms with Gasteiger partial charge in [0, 0.05) is 32.9 Å². The van der Waals surface area contributed by atoms with Gasteiger partial charge in [0.25, 0.3) is 0 Å². The molecule has 0 aliphatic carbocycles. The van der Waals surface area contributed by atoms with Gasteiger partial charge in [0.05, 0.1) is 6.20 Å². The van der Waals surface area contributed by atoms with Gasteiger partial charge in [-0.05, 0) is 24.9 Å². The molecule has 1 fully saturated rings. The molecule has 114 valence electrons. The molecule has 1 unspecified atom stereocenters. The van der Waals surface area contributed by atoms with Crippen molar-refractivity contribution in [3.8, 4) is 0 Å². The zero-order valence-electron chi connectivity index (χ0n) is 12.0. The Morgan fingerprint density at radius 3 is 2.85 bits per heavy atom. The second kappa shape index (κ2) is 5.80. The molecule has 20 heavy (non-hydrogen) atoms. The van der Waals surface area contributed by atoms with Crippen molar-refractivity contribution in [3.05, 3.63) is 12.4 Å². The van der Waals surface area contributed by atoms with Crippen LogP contribution in [0.25, 0.3) is 0 Å². The highest BCUT2D eigenvalue weighted by Crippen LogP contribution is 2.27. The van der Waals surface area contributed by atoms with Crippen LogP contribution in [-0.2, 0) is 17.1 Å². The fourth-order valence-electron chi connectivity index (χ4n) is 2.44. The van der Waals surface area contributed by atoms with Crippen LogP contribution >= 0.6 is 0 Å². The van der Waals surface area contributed by atoms with Gasteiger partial charge in [0.1, 0.15) is 4.90 Å². The van der Waals surface area contributed by atoms with Gasteiger partial charge >= 0.3 is 0 Å². The van der Waals surface area contributed by atoms with E-state index in [2.05, 4.69) is 21.6 Å². The third kappa shape index (κ3) is 3.57. The van der Waals surface area contributed by atoms with E-state index in [9.17, 15) is 8.42 Å². The Morgan fingerprint density at radius 1 is 1.55 bits per heavy atom. The van der Waals surface area contributed by atoms with Crippen molar-refractivity contribution in [3.63, 3.8) is 0 Å². The molecule has 0 spiro atoms. The van der Waals surface area contributed by atoms with Gasteiger partial charge in [-0.1, -0.05) is 6.92 Å². The van der Waals surface area contributed by atoms with E-state index >= 15 is 0 Å². The van der Waals surface area contributed by atoms with Crippen LogP contribution in [0.5, 0.6) is 0 Å². The average Bonchev–Trinajstić information content (AvgIpc) is 2.97. The maximum Gasteiger partial charge on any atom is 0.243 e. The highest BCUT2D eigenvalue weighted by molar-refractivity contribution is 7.89. The van der Waals surface area contributed by atoms with Crippen LogP contribution in [0, 0.1) is 5.41 Å². The van der Waals surface area contributed by atoms with Gasteiger partial charge in [-0.15, -0.1) is 0 Å². The Labute approximate surface area is 120 Å². The van der Waals surface area contributed by atoms with E-state index in [1.807, 2.05) is 0 Å². The van der Waals surface area contributed by atoms with Gasteiger partial charge in [0.15, 0.2) is 0 Å². The van der Waals surface area contributed by atoms with Crippen LogP contribution in [0.2, 0.25) is 0 Å². The SMILES string of the molecule is Cn1cc(S(=O)(=O)NCCN2CCC(C)(CN)C2)cn1. The minimum absolute atomic E-state index is 0.169. The Bertz CT molecular complexity index is 556. The lowest BCUT2D eigenvalue weighted by Crippen LogP contribution is -2.36. The fraction of sp³-hybridized carbons (Fsp3) is 0.750. The maximum atomic E-state index is 12.0. The molecule has 1 atom stereocenters. The normalized spacial score (nSPS) is 24.4. The first-order valence-electron chi connectivity index (χ1n) is 6.75. The second-order valence-corrected chi connectivity index (χ2v) is 7.56. The quantitative estimate of drug-likeness (QED) is 0.730. The van der Waals surface area contributed by atoms with Crippen LogP contribution in [0.4, 0.5) is 0 Å². The molecule has 1 saturated heterocycles. The van der Waals surface area contributed by atoms with Crippen LogP contribution in [0.3, 0.4) is 0 Å². The number of rotatable bonds is 6. The van der Waals surface area contributed by atoms with Crippen LogP contribution in [0.15, 0.2) is 17.3 Å². The minimum Gasteiger partial charge on any atom is -0.330 e. The van der Waals surface area contributed by atoms with Gasteiger partial charge in [-0.3, -0.25) is 4.68 Å². The van der Waals surface area contributed by atoms with Crippen molar-refractivity contribution >= 4 is 10.0 Å². The molecule has 2 rings (SSSR count). The molecule has 3 N–H and O–H groups in total. The van der Waals surface area contributed by atoms with E-state index in [1.54, 1.807) is 7.05 Å². The average molecular weight is 301 g/mol. The molecular formula is C12H23N5O2S. The van der Waals surface area contributed by atoms with Crippen molar-refractivity contribution in [1.29, 1.82) is 0 Å². The first-order chi connectivity index (χ1) is 9.35. The predicted molar refractivity (Wildman–Crippen MR) is 76.6 cm³/mol. The molecule has 1 aromatic rings. The molecular weight excluding hydrogens is 278 g/mol. The number of nitrogens with zero attached hydrogens (tertiary/aromatic N) is 3. The van der Waals surface area contributed by atoms with E-state index in [4.69, 9.17) is 5.73 Å². The molecule has 0 radical (unpaired) electrons. The summed E-state index contributed by atoms with van der Waals surface area (Å²) in [5, 5.41) is 3.87. The molecule has 0 saturated carbocycles. The minimum atomic E-state index is -3.45. The van der Waals surface area contributed by atoms with Gasteiger partial charge in [-0.2, -0.15) is 5.10 Å². The van der Waals surface area contributed by atoms with Gasteiger partial charge < -0.3 is 10.6 Å². The second-order valence-electron chi connectivity index (χ2n) is 5.79. The van der Waals surface area contributed by atoms with E-state index in [0.717, 1.165) is 19.5 Å². The summed E-state index contributed by atoms with van der Waals surface area (Å²) in [6.07, 6.45) is 3.91. The number of nitrogens with two attached hydrogens (primary N) is 1. The third-order valence-electron chi connectivity index (χ3n) is 3.84. The number of sulfonamides is 1. The first kappa shape index (κ1) is 15.4. The van der Waals surface area contributed by atoms with E-state index in [1.165, 1.54) is 17.1 Å². The van der Waals surface area contributed by atoms with Gasteiger partial charge in [-0.25, -0.2) is 13.1 Å². The summed E-state index contributed by atoms with van der Waals surface area (Å²) in [7, 11) is -1.76. The summed E-state index contributed by atoms with van der Waals surface area (Å²) in [6, 6.07) is 0. The zero-order valence-corrected chi connectivity index (χ0v) is 12.9. The molecule has 1 aliphatic rings. The maximum absolute atomic E-state index is 12.0. The molecule has 0 amide bonds. The van der Waals surface area contributed by atoms with Crippen molar-refractivity contribution < 1.29 is 8.42 Å². The van der Waals surface area contributed by atoms with Crippen molar-refractivity contribution in [2.45, 2.75) is 18.2 Å². The number of aromatic nitrogens is 2. The summed E-state index contributed by atoms with van der Waals surface area (Å²) in [6.45, 7) is 5.85. The van der Waals surface area contributed by atoms with Crippen LogP contribution in [-0.4, -0.2) is 55.8 Å². The molecule has 1 aliphatic heterocycles. The molecule has 8 heteroatoms. The summed E-state index contributed by atoms with van der Waals surface area (Å²) < 4.78 is 28.1. The number of aryl methyl sites for hydroxylation is 1. The molecule has 7 nitrogen and oxygen atoms in total. The molecule has 1 aromatic heterocycles. The Morgan fingerprint density at radius 2 is 2.30 bits per heavy atom. The highest BCUT2D eigenvalue weighted by atomic mass is 32.2. The van der Waals surface area contributed by atoms with Crippen LogP contribution in [0.1, 0.15) is 13.3 Å². The number of hydrogen-bond acceptors (Lipinski definition) is 5. The molecule has 0 bridgehead atoms. The summed E-state index contributed by atoms with van der Waals surface area (Å²) in [4.78, 5) is 2.45. The topological polar surface area (TPSA) is 93.2 Å². The fourth-order valence-corrected chi connectivity index (χ4v) is 3.45. The summed E-state index contributed by atoms with van der Waals surface area (Å²) in [5.41, 5.74) is 5.93. The lowest BCUT2D eigenvalue weighted by Gasteiger charge is -2.22. The van der Waals surface area contributed by atoms with Gasteiger partial charge in [0.2, 0.25) is 10.0 Å². The Hall–Kier alpha value is -0.960. The largest absolute Gasteiger partial charge is 0.330 e. The molecule has 2 heterocycles. The predicted octanol–water partition coefficient (Wildman–Crippen LogP) is -0.631. The van der Waals surface area contributed by atoms with E-state index in [-0.39, 0.29) is 10.3 Å². The highest BCUT2D eigenvalue weighted by Gasteiger charge is 2.32. The Kier molecular flexibility index (Phi) is 4.48. The summed E-state index contributed by atoms with van der Waals surface area (Å²) in [5.74, 6) is 0.